The number of rotatable bonds is 7. The van der Waals surface area contributed by atoms with E-state index in [1.165, 1.54) is 0 Å². The smallest absolute Gasteiger partial charge is 0.164 e. The average molecular weight is 704 g/mol. The largest absolute Gasteiger partial charge is 0.456 e. The van der Waals surface area contributed by atoms with Gasteiger partial charge in [-0.15, -0.1) is 0 Å². The van der Waals surface area contributed by atoms with Gasteiger partial charge < -0.3 is 4.42 Å². The van der Waals surface area contributed by atoms with E-state index < -0.39 is 0 Å². The maximum atomic E-state index is 6.30. The van der Waals surface area contributed by atoms with Crippen LogP contribution in [0.2, 0.25) is 0 Å². The van der Waals surface area contributed by atoms with Crippen molar-refractivity contribution in [2.75, 3.05) is 0 Å². The van der Waals surface area contributed by atoms with Crippen LogP contribution in [0.5, 0.6) is 0 Å². The van der Waals surface area contributed by atoms with Crippen LogP contribution in [-0.2, 0) is 0 Å². The Morgan fingerprint density at radius 1 is 0.309 bits per heavy atom. The molecule has 4 heteroatoms. The highest BCUT2D eigenvalue weighted by atomic mass is 16.3. The van der Waals surface area contributed by atoms with Gasteiger partial charge in [-0.1, -0.05) is 170 Å². The standard InChI is InChI=1S/C51H33N3O/c1-4-16-35(17-5-1)47(36-18-6-2-7-19-36)48(37-20-8-3-9-21-37)39-23-14-24-40(32-39)49-52-50(41-28-27-34-15-10-11-22-38(34)31-41)54-51(53-49)42-29-30-44-43-25-12-13-26-45(43)55-46(44)33-42/h1-33H. The van der Waals surface area contributed by atoms with Gasteiger partial charge in [-0.05, 0) is 74.5 Å². The first-order valence-electron chi connectivity index (χ1n) is 18.4. The van der Waals surface area contributed by atoms with Crippen molar-refractivity contribution in [2.45, 2.75) is 0 Å². The molecule has 0 atom stereocenters. The fraction of sp³-hybridized carbons (Fsp3) is 0. The van der Waals surface area contributed by atoms with Crippen molar-refractivity contribution in [1.29, 1.82) is 0 Å². The lowest BCUT2D eigenvalue weighted by atomic mass is 9.85. The van der Waals surface area contributed by atoms with Crippen molar-refractivity contribution in [2.24, 2.45) is 0 Å². The van der Waals surface area contributed by atoms with E-state index in [2.05, 4.69) is 176 Å². The highest BCUT2D eigenvalue weighted by molar-refractivity contribution is 6.06. The normalized spacial score (nSPS) is 11.3. The number of hydrogen-bond acceptors (Lipinski definition) is 4. The van der Waals surface area contributed by atoms with Crippen LogP contribution >= 0.6 is 0 Å². The summed E-state index contributed by atoms with van der Waals surface area (Å²) in [5.74, 6) is 1.77. The predicted molar refractivity (Wildman–Crippen MR) is 225 cm³/mol. The molecular weight excluding hydrogens is 671 g/mol. The van der Waals surface area contributed by atoms with Gasteiger partial charge in [0.25, 0.3) is 0 Å². The average Bonchev–Trinajstić information content (AvgIpc) is 3.64. The maximum absolute atomic E-state index is 6.30. The van der Waals surface area contributed by atoms with Crippen LogP contribution in [0.1, 0.15) is 22.3 Å². The topological polar surface area (TPSA) is 51.8 Å². The Labute approximate surface area is 318 Å². The molecule has 10 aromatic rings. The Hall–Kier alpha value is -7.43. The number of furan rings is 1. The molecule has 0 bridgehead atoms. The van der Waals surface area contributed by atoms with Crippen LogP contribution in [0, 0.1) is 0 Å². The van der Waals surface area contributed by atoms with Gasteiger partial charge in [0, 0.05) is 27.5 Å². The zero-order valence-electron chi connectivity index (χ0n) is 29.8. The molecule has 10 rings (SSSR count). The van der Waals surface area contributed by atoms with E-state index in [1.54, 1.807) is 0 Å². The molecular formula is C51H33N3O. The summed E-state index contributed by atoms with van der Waals surface area (Å²) >= 11 is 0. The molecule has 0 amide bonds. The maximum Gasteiger partial charge on any atom is 0.164 e. The Kier molecular flexibility index (Phi) is 8.12. The van der Waals surface area contributed by atoms with E-state index in [-0.39, 0.29) is 0 Å². The number of nitrogens with zero attached hydrogens (tertiary/aromatic N) is 3. The van der Waals surface area contributed by atoms with Crippen LogP contribution in [0.15, 0.2) is 205 Å². The van der Waals surface area contributed by atoms with Crippen LogP contribution in [0.25, 0.3) is 78.0 Å². The van der Waals surface area contributed by atoms with Crippen molar-refractivity contribution in [1.82, 2.24) is 15.0 Å². The Morgan fingerprint density at radius 3 is 1.44 bits per heavy atom. The summed E-state index contributed by atoms with van der Waals surface area (Å²) in [6.45, 7) is 0. The fourth-order valence-electron chi connectivity index (χ4n) is 7.50. The van der Waals surface area contributed by atoms with Crippen LogP contribution in [-0.4, -0.2) is 15.0 Å². The lowest BCUT2D eigenvalue weighted by molar-refractivity contribution is 0.669. The predicted octanol–water partition coefficient (Wildman–Crippen LogP) is 12.9. The molecule has 0 spiro atoms. The van der Waals surface area contributed by atoms with Crippen molar-refractivity contribution in [3.05, 3.63) is 222 Å². The van der Waals surface area contributed by atoms with E-state index in [1.807, 2.05) is 24.3 Å². The summed E-state index contributed by atoms with van der Waals surface area (Å²) in [6, 6.07) is 69.5. The number of para-hydroxylation sites is 1. The van der Waals surface area contributed by atoms with Gasteiger partial charge in [0.1, 0.15) is 11.2 Å². The number of fused-ring (bicyclic) bond motifs is 4. The lowest BCUT2D eigenvalue weighted by Crippen LogP contribution is -2.01. The van der Waals surface area contributed by atoms with Crippen molar-refractivity contribution >= 4 is 43.9 Å². The first-order chi connectivity index (χ1) is 27.2. The molecule has 2 aromatic heterocycles. The molecule has 0 aliphatic heterocycles. The summed E-state index contributed by atoms with van der Waals surface area (Å²) in [5.41, 5.74) is 11.0. The Bertz CT molecular complexity index is 2980. The molecule has 0 saturated carbocycles. The second kappa shape index (κ2) is 13.8. The van der Waals surface area contributed by atoms with E-state index in [0.717, 1.165) is 82.8 Å². The molecule has 0 aliphatic carbocycles. The second-order valence-electron chi connectivity index (χ2n) is 13.6. The molecule has 0 fully saturated rings. The Morgan fingerprint density at radius 2 is 0.782 bits per heavy atom. The minimum Gasteiger partial charge on any atom is -0.456 e. The van der Waals surface area contributed by atoms with Gasteiger partial charge in [0.2, 0.25) is 0 Å². The fourth-order valence-corrected chi connectivity index (χ4v) is 7.50. The monoisotopic (exact) mass is 703 g/mol. The van der Waals surface area contributed by atoms with Crippen molar-refractivity contribution < 1.29 is 4.42 Å². The van der Waals surface area contributed by atoms with Crippen molar-refractivity contribution in [3.63, 3.8) is 0 Å². The summed E-state index contributed by atoms with van der Waals surface area (Å²) in [4.78, 5) is 15.5. The van der Waals surface area contributed by atoms with E-state index in [0.29, 0.717) is 17.5 Å². The summed E-state index contributed by atoms with van der Waals surface area (Å²) in [5, 5.41) is 4.43. The molecule has 0 radical (unpaired) electrons. The third-order valence-corrected chi connectivity index (χ3v) is 10.1. The van der Waals surface area contributed by atoms with E-state index in [4.69, 9.17) is 19.4 Å². The third-order valence-electron chi connectivity index (χ3n) is 10.1. The third kappa shape index (κ3) is 6.16. The molecule has 0 saturated heterocycles. The molecule has 0 N–H and O–H groups in total. The highest BCUT2D eigenvalue weighted by Crippen LogP contribution is 2.38. The van der Waals surface area contributed by atoms with Crippen LogP contribution < -0.4 is 0 Å². The SMILES string of the molecule is c1ccc(C(=C(c2ccccc2)c2cccc(-c3nc(-c4ccc5ccccc5c4)nc(-c4ccc5c(c4)oc4ccccc45)n3)c2)c2ccccc2)cc1. The molecule has 2 heterocycles. The first-order valence-corrected chi connectivity index (χ1v) is 18.4. The molecule has 8 aromatic carbocycles. The summed E-state index contributed by atoms with van der Waals surface area (Å²) in [7, 11) is 0. The highest BCUT2D eigenvalue weighted by Gasteiger charge is 2.19. The zero-order valence-corrected chi connectivity index (χ0v) is 29.8. The van der Waals surface area contributed by atoms with Gasteiger partial charge in [-0.3, -0.25) is 0 Å². The van der Waals surface area contributed by atoms with Crippen molar-refractivity contribution in [3.8, 4) is 34.2 Å². The van der Waals surface area contributed by atoms with Crippen LogP contribution in [0.4, 0.5) is 0 Å². The number of benzene rings is 8. The second-order valence-corrected chi connectivity index (χ2v) is 13.6. The quantitative estimate of drug-likeness (QED) is 0.155. The summed E-state index contributed by atoms with van der Waals surface area (Å²) < 4.78 is 6.30. The molecule has 0 aliphatic rings. The zero-order chi connectivity index (χ0) is 36.6. The number of aromatic nitrogens is 3. The van der Waals surface area contributed by atoms with Crippen LogP contribution in [0.3, 0.4) is 0 Å². The van der Waals surface area contributed by atoms with Gasteiger partial charge in [-0.25, -0.2) is 15.0 Å². The van der Waals surface area contributed by atoms with Gasteiger partial charge in [0.15, 0.2) is 17.5 Å². The lowest BCUT2D eigenvalue weighted by Gasteiger charge is -2.18. The van der Waals surface area contributed by atoms with Gasteiger partial charge >= 0.3 is 0 Å². The Balaban J connectivity index is 1.19. The molecule has 0 unspecified atom stereocenters. The van der Waals surface area contributed by atoms with E-state index in [9.17, 15) is 0 Å². The molecule has 55 heavy (non-hydrogen) atoms. The van der Waals surface area contributed by atoms with Gasteiger partial charge in [-0.2, -0.15) is 0 Å². The minimum atomic E-state index is 0.578. The summed E-state index contributed by atoms with van der Waals surface area (Å²) in [6.07, 6.45) is 0. The minimum absolute atomic E-state index is 0.578. The number of hydrogen-bond donors (Lipinski definition) is 0. The first kappa shape index (κ1) is 32.2. The van der Waals surface area contributed by atoms with Gasteiger partial charge in [0.05, 0.1) is 0 Å². The molecule has 4 nitrogen and oxygen atoms in total. The molecule has 258 valence electrons. The van der Waals surface area contributed by atoms with E-state index >= 15 is 0 Å².